The number of alkyl halides is 1. The summed E-state index contributed by atoms with van der Waals surface area (Å²) in [6, 6.07) is 19.0. The van der Waals surface area contributed by atoms with Crippen molar-refractivity contribution in [3.8, 4) is 17.0 Å². The van der Waals surface area contributed by atoms with E-state index in [2.05, 4.69) is 42.1 Å². The van der Waals surface area contributed by atoms with E-state index in [-0.39, 0.29) is 68.9 Å². The Labute approximate surface area is 392 Å². The minimum absolute atomic E-state index is 0. The van der Waals surface area contributed by atoms with Crippen molar-refractivity contribution in [3.63, 3.8) is 0 Å². The number of nitrogen functional groups attached to an aromatic ring is 1. The van der Waals surface area contributed by atoms with Gasteiger partial charge in [0.15, 0.2) is 5.82 Å². The summed E-state index contributed by atoms with van der Waals surface area (Å²) >= 11 is 0. The first-order valence-corrected chi connectivity index (χ1v) is 22.0. The smallest absolute Gasteiger partial charge is 0.253 e. The Balaban J connectivity index is 0.00000544. The second-order valence-corrected chi connectivity index (χ2v) is 17.7. The normalized spacial score (nSPS) is 20.7. The van der Waals surface area contributed by atoms with Crippen LogP contribution in [0.15, 0.2) is 73.1 Å². The Morgan fingerprint density at radius 2 is 1.73 bits per heavy atom. The maximum atomic E-state index is 16.4. The number of piperidine rings is 3. The van der Waals surface area contributed by atoms with E-state index in [1.807, 2.05) is 36.4 Å². The molecule has 3 saturated heterocycles. The van der Waals surface area contributed by atoms with Crippen molar-refractivity contribution in [2.24, 2.45) is 0 Å². The van der Waals surface area contributed by atoms with Crippen molar-refractivity contribution in [2.75, 3.05) is 70.1 Å². The van der Waals surface area contributed by atoms with Gasteiger partial charge < -0.3 is 50.7 Å². The third kappa shape index (κ3) is 10.0. The van der Waals surface area contributed by atoms with E-state index in [0.717, 1.165) is 60.3 Å². The van der Waals surface area contributed by atoms with Crippen LogP contribution in [0.4, 0.5) is 21.6 Å². The minimum atomic E-state index is -1.35. The standard InChI is InChI=1S/C47H56FN10O4.Y/c1-62-36-22-33(26-57(27-36)41-24-40(53-54-44(41)50)37-4-2-3-5-42(37)59)30-6-10-32(11-7-30)46(61)56-20-15-47(48,16-21-56)29-55-18-13-35(14-19-55)58-28-39(31-8-9-31)38-23-34(25-52-45(38)58)51-17-12-43(49)60;/h2-7,10-11,23-25,28,31,33,35-36H,8-9,12-22,26-27,29H2,1H3,(H5,49,50,53,54,59,60);/q-1;/p-1. The number of likely N-dealkylation sites (tertiary alicyclic amines) is 2. The molecule has 16 heteroatoms. The molecule has 6 heterocycles. The molecule has 14 nitrogen and oxygen atoms in total. The fourth-order valence-corrected chi connectivity index (χ4v) is 9.75. The van der Waals surface area contributed by atoms with Gasteiger partial charge in [-0.15, -0.1) is 22.4 Å². The molecule has 2 unspecified atom stereocenters. The summed E-state index contributed by atoms with van der Waals surface area (Å²) in [6.07, 6.45) is 9.65. The average Bonchev–Trinajstić information content (AvgIpc) is 4.06. The van der Waals surface area contributed by atoms with Gasteiger partial charge >= 0.3 is 0 Å². The molecule has 0 bridgehead atoms. The Kier molecular flexibility index (Phi) is 13.7. The van der Waals surface area contributed by atoms with Crippen molar-refractivity contribution >= 4 is 40.0 Å². The van der Waals surface area contributed by atoms with Crippen LogP contribution in [0, 0.1) is 0 Å². The second kappa shape index (κ2) is 19.2. The van der Waals surface area contributed by atoms with Crippen LogP contribution in [0.1, 0.15) is 90.7 Å². The molecule has 4 fully saturated rings. The molecular formula is C47H55FN10O4Y-2. The number of fused-ring (bicyclic) bond motifs is 1. The number of hydrogen-bond donors (Lipinski definition) is 2. The molecule has 4 aliphatic rings. The summed E-state index contributed by atoms with van der Waals surface area (Å²) in [5.74, 6) is 0.363. The van der Waals surface area contributed by atoms with Gasteiger partial charge in [0, 0.05) is 145 Å². The van der Waals surface area contributed by atoms with E-state index in [0.29, 0.717) is 80.7 Å². The first-order chi connectivity index (χ1) is 30.0. The molecule has 9 rings (SSSR count). The van der Waals surface area contributed by atoms with Gasteiger partial charge in [0.1, 0.15) is 17.1 Å². The van der Waals surface area contributed by atoms with Crippen LogP contribution < -0.4 is 10.6 Å². The van der Waals surface area contributed by atoms with Crippen LogP contribution in [0.25, 0.3) is 33.3 Å². The van der Waals surface area contributed by atoms with E-state index in [1.165, 1.54) is 18.4 Å². The molecule has 329 valence electrons. The molecule has 0 spiro atoms. The van der Waals surface area contributed by atoms with Crippen LogP contribution in [0.3, 0.4) is 0 Å². The molecule has 3 aliphatic heterocycles. The van der Waals surface area contributed by atoms with Gasteiger partial charge in [0.05, 0.1) is 17.5 Å². The zero-order valence-corrected chi connectivity index (χ0v) is 38.7. The number of benzene rings is 2. The van der Waals surface area contributed by atoms with Crippen molar-refractivity contribution in [1.29, 1.82) is 0 Å². The number of aromatic nitrogens is 4. The molecule has 2 atom stereocenters. The quantitative estimate of drug-likeness (QED) is 0.118. The number of carbonyl (C=O) groups is 2. The molecule has 4 N–H and O–H groups in total. The van der Waals surface area contributed by atoms with E-state index in [9.17, 15) is 14.7 Å². The molecule has 2 amide bonds. The van der Waals surface area contributed by atoms with Gasteiger partial charge in [-0.3, -0.25) is 4.79 Å². The number of ether oxygens (including phenoxy) is 1. The molecule has 5 aromatic rings. The fraction of sp³-hybridized carbons (Fsp3) is 0.468. The predicted octanol–water partition coefficient (Wildman–Crippen LogP) is 7.92. The van der Waals surface area contributed by atoms with Gasteiger partial charge in [-0.2, -0.15) is 0 Å². The number of pyridine rings is 1. The SMILES string of the molecule is COC1CC(c2ccc(C(=O)N3CCC(F)(CN4CCC(n5cc(C6CC6)c6cc([N-]CCC([NH-])=O)cnc65)CC4)CC3)cc2)CN(c2cc(-c3ccccc3O)nnc2N)C1.[Y]. The molecule has 3 aromatic heterocycles. The zero-order valence-electron chi connectivity index (χ0n) is 35.8. The molecular weight excluding hydrogens is 876 g/mol. The number of amides is 2. The van der Waals surface area contributed by atoms with Gasteiger partial charge in [0.2, 0.25) is 0 Å². The number of hydrogen-bond acceptors (Lipinski definition) is 10. The number of anilines is 2. The number of carbonyl (C=O) groups excluding carboxylic acids is 2. The van der Waals surface area contributed by atoms with Crippen molar-refractivity contribution in [1.82, 2.24) is 29.5 Å². The summed E-state index contributed by atoms with van der Waals surface area (Å²) in [5.41, 5.74) is 18.7. The van der Waals surface area contributed by atoms with E-state index in [4.69, 9.17) is 21.2 Å². The van der Waals surface area contributed by atoms with E-state index >= 15 is 4.39 Å². The van der Waals surface area contributed by atoms with Crippen molar-refractivity contribution in [3.05, 3.63) is 101 Å². The summed E-state index contributed by atoms with van der Waals surface area (Å²) in [7, 11) is 1.71. The number of phenols is 1. The Morgan fingerprint density at radius 1 is 0.984 bits per heavy atom. The zero-order chi connectivity index (χ0) is 43.0. The Morgan fingerprint density at radius 3 is 2.43 bits per heavy atom. The van der Waals surface area contributed by atoms with Crippen LogP contribution >= 0.6 is 0 Å². The van der Waals surface area contributed by atoms with Crippen LogP contribution in [0.5, 0.6) is 5.75 Å². The van der Waals surface area contributed by atoms with Crippen molar-refractivity contribution < 1.29 is 56.5 Å². The first kappa shape index (κ1) is 44.9. The second-order valence-electron chi connectivity index (χ2n) is 17.7. The van der Waals surface area contributed by atoms with Gasteiger partial charge in [-0.05, 0) is 85.9 Å². The van der Waals surface area contributed by atoms with Crippen LogP contribution in [-0.4, -0.2) is 118 Å². The molecule has 1 saturated carbocycles. The molecule has 1 radical (unpaired) electrons. The predicted molar refractivity (Wildman–Crippen MR) is 238 cm³/mol. The number of halogens is 1. The maximum Gasteiger partial charge on any atom is 0.253 e. The topological polar surface area (TPSA) is 181 Å². The summed E-state index contributed by atoms with van der Waals surface area (Å²) < 4.78 is 24.6. The number of nitrogens with two attached hydrogens (primary N) is 1. The van der Waals surface area contributed by atoms with Gasteiger partial charge in [0.25, 0.3) is 5.91 Å². The van der Waals surface area contributed by atoms with Crippen LogP contribution in [0.2, 0.25) is 0 Å². The van der Waals surface area contributed by atoms with Crippen LogP contribution in [-0.2, 0) is 42.2 Å². The number of phenolic OH excluding ortho intramolecular Hbond substituents is 1. The third-order valence-corrected chi connectivity index (χ3v) is 13.4. The van der Waals surface area contributed by atoms with Gasteiger partial charge in [-0.1, -0.05) is 30.3 Å². The first-order valence-electron chi connectivity index (χ1n) is 22.0. The summed E-state index contributed by atoms with van der Waals surface area (Å²) in [5, 5.41) is 24.5. The monoisotopic (exact) mass is 931 g/mol. The summed E-state index contributed by atoms with van der Waals surface area (Å²) in [6.45, 7) is 4.30. The summed E-state index contributed by atoms with van der Waals surface area (Å²) in [4.78, 5) is 35.8. The number of rotatable bonds is 13. The number of methoxy groups -OCH3 is 1. The number of nitrogens with zero attached hydrogens (tertiary/aromatic N) is 8. The fourth-order valence-electron chi connectivity index (χ4n) is 9.75. The van der Waals surface area contributed by atoms with E-state index in [1.54, 1.807) is 36.4 Å². The Bertz CT molecular complexity index is 2410. The number of aromatic hydroxyl groups is 1. The van der Waals surface area contributed by atoms with E-state index < -0.39 is 11.6 Å². The third-order valence-electron chi connectivity index (χ3n) is 13.4. The number of para-hydroxylation sites is 1. The average molecular weight is 932 g/mol. The molecule has 1 aliphatic carbocycles. The minimum Gasteiger partial charge on any atom is -0.683 e. The maximum absolute atomic E-state index is 16.4. The van der Waals surface area contributed by atoms with Gasteiger partial charge in [-0.25, -0.2) is 9.37 Å². The van der Waals surface area contributed by atoms with Crippen molar-refractivity contribution in [2.45, 2.75) is 81.0 Å². The largest absolute Gasteiger partial charge is 0.683 e. The Hall–Kier alpha value is -4.70. The molecule has 63 heavy (non-hydrogen) atoms. The molecule has 2 aromatic carbocycles. The number of nitrogens with one attached hydrogen (secondary N) is 1.